The lowest BCUT2D eigenvalue weighted by atomic mass is 9.86. The van der Waals surface area contributed by atoms with Gasteiger partial charge in [0.2, 0.25) is 10.0 Å². The maximum absolute atomic E-state index is 12.8. The summed E-state index contributed by atoms with van der Waals surface area (Å²) in [7, 11) is -2.11. The molecule has 0 fully saturated rings. The summed E-state index contributed by atoms with van der Waals surface area (Å²) in [4.78, 5) is 12.9. The van der Waals surface area contributed by atoms with Crippen molar-refractivity contribution in [1.82, 2.24) is 4.31 Å². The number of rotatable bonds is 5. The Morgan fingerprint density at radius 3 is 2.26 bits per heavy atom. The highest BCUT2D eigenvalue weighted by molar-refractivity contribution is 7.89. The fraction of sp³-hybridized carbons (Fsp3) is 0.381. The second-order valence-electron chi connectivity index (χ2n) is 7.89. The number of anilines is 1. The van der Waals surface area contributed by atoms with Gasteiger partial charge in [0.25, 0.3) is 5.91 Å². The van der Waals surface area contributed by atoms with E-state index in [2.05, 4.69) is 26.1 Å². The molecule has 0 atom stereocenters. The van der Waals surface area contributed by atoms with E-state index in [0.717, 1.165) is 11.3 Å². The van der Waals surface area contributed by atoms with Gasteiger partial charge in [0.15, 0.2) is 0 Å². The number of hydrogen-bond acceptors (Lipinski definition) is 3. The zero-order valence-electron chi connectivity index (χ0n) is 16.8. The summed E-state index contributed by atoms with van der Waals surface area (Å²) in [6.45, 7) is 9.84. The molecule has 1 N–H and O–H groups in total. The number of amides is 1. The van der Waals surface area contributed by atoms with E-state index in [9.17, 15) is 13.2 Å². The number of sulfonamides is 1. The monoisotopic (exact) mass is 388 g/mol. The normalized spacial score (nSPS) is 12.4. The molecular formula is C21H28N2O3S. The molecule has 0 aromatic heterocycles. The van der Waals surface area contributed by atoms with Crippen LogP contribution in [0.1, 0.15) is 50.5 Å². The molecule has 27 heavy (non-hydrogen) atoms. The fourth-order valence-electron chi connectivity index (χ4n) is 2.68. The zero-order valence-corrected chi connectivity index (χ0v) is 17.6. The molecule has 0 bridgehead atoms. The molecule has 2 aromatic rings. The molecule has 0 saturated carbocycles. The van der Waals surface area contributed by atoms with Crippen LogP contribution in [0.15, 0.2) is 53.4 Å². The predicted octanol–water partition coefficient (Wildman–Crippen LogP) is 4.27. The Kier molecular flexibility index (Phi) is 6.12. The molecule has 146 valence electrons. The minimum absolute atomic E-state index is 0.107. The Balaban J connectivity index is 2.35. The summed E-state index contributed by atoms with van der Waals surface area (Å²) >= 11 is 0. The average molecular weight is 389 g/mol. The zero-order chi connectivity index (χ0) is 20.4. The van der Waals surface area contributed by atoms with E-state index in [1.807, 2.05) is 24.3 Å². The summed E-state index contributed by atoms with van der Waals surface area (Å²) in [6.07, 6.45) is 0. The summed E-state index contributed by atoms with van der Waals surface area (Å²) in [6, 6.07) is 13.6. The second-order valence-corrected chi connectivity index (χ2v) is 9.89. The van der Waals surface area contributed by atoms with Crippen LogP contribution in [0, 0.1) is 0 Å². The van der Waals surface area contributed by atoms with E-state index in [4.69, 9.17) is 0 Å². The van der Waals surface area contributed by atoms with Gasteiger partial charge in [-0.1, -0.05) is 45.0 Å². The summed E-state index contributed by atoms with van der Waals surface area (Å²) in [5.74, 6) is -0.337. The molecule has 0 unspecified atom stereocenters. The van der Waals surface area contributed by atoms with Crippen LogP contribution in [-0.4, -0.2) is 31.7 Å². The highest BCUT2D eigenvalue weighted by Crippen LogP contribution is 2.29. The largest absolute Gasteiger partial charge is 0.322 e. The van der Waals surface area contributed by atoms with Crippen LogP contribution in [0.4, 0.5) is 5.69 Å². The lowest BCUT2D eigenvalue weighted by Gasteiger charge is -2.23. The molecule has 2 aromatic carbocycles. The van der Waals surface area contributed by atoms with Gasteiger partial charge in [-0.05, 0) is 49.1 Å². The van der Waals surface area contributed by atoms with Gasteiger partial charge >= 0.3 is 0 Å². The fourth-order valence-corrected chi connectivity index (χ4v) is 4.10. The number of nitrogens with one attached hydrogen (secondary N) is 1. The van der Waals surface area contributed by atoms with E-state index >= 15 is 0 Å². The van der Waals surface area contributed by atoms with Gasteiger partial charge in [-0.25, -0.2) is 8.42 Å². The van der Waals surface area contributed by atoms with Crippen LogP contribution >= 0.6 is 0 Å². The van der Waals surface area contributed by atoms with Gasteiger partial charge in [-0.15, -0.1) is 0 Å². The third-order valence-electron chi connectivity index (χ3n) is 4.48. The SMILES string of the molecule is CC(C)N(C)S(=O)(=O)c1cccc(C(=O)Nc2ccccc2C(C)(C)C)c1. The minimum Gasteiger partial charge on any atom is -0.322 e. The van der Waals surface area contributed by atoms with Crippen molar-refractivity contribution in [3.05, 3.63) is 59.7 Å². The molecular weight excluding hydrogens is 360 g/mol. The Morgan fingerprint density at radius 2 is 1.67 bits per heavy atom. The first-order valence-electron chi connectivity index (χ1n) is 8.93. The first kappa shape index (κ1) is 21.1. The van der Waals surface area contributed by atoms with Crippen LogP contribution in [0.5, 0.6) is 0 Å². The number of carbonyl (C=O) groups is 1. The van der Waals surface area contributed by atoms with Crippen LogP contribution < -0.4 is 5.32 Å². The Morgan fingerprint density at radius 1 is 1.04 bits per heavy atom. The van der Waals surface area contributed by atoms with Crippen LogP contribution in [0.25, 0.3) is 0 Å². The van der Waals surface area contributed by atoms with Crippen LogP contribution in [-0.2, 0) is 15.4 Å². The topological polar surface area (TPSA) is 66.5 Å². The number of para-hydroxylation sites is 1. The van der Waals surface area contributed by atoms with Crippen LogP contribution in [0.2, 0.25) is 0 Å². The smallest absolute Gasteiger partial charge is 0.255 e. The van der Waals surface area contributed by atoms with Crippen molar-refractivity contribution < 1.29 is 13.2 Å². The summed E-state index contributed by atoms with van der Waals surface area (Å²) in [5, 5.41) is 2.92. The third kappa shape index (κ3) is 4.76. The molecule has 0 radical (unpaired) electrons. The maximum Gasteiger partial charge on any atom is 0.255 e. The molecule has 0 heterocycles. The Hall–Kier alpha value is -2.18. The first-order chi connectivity index (χ1) is 12.4. The van der Waals surface area contributed by atoms with E-state index in [1.165, 1.54) is 23.5 Å². The molecule has 5 nitrogen and oxygen atoms in total. The third-order valence-corrected chi connectivity index (χ3v) is 6.51. The molecule has 2 rings (SSSR count). The van der Waals surface area contributed by atoms with Gasteiger partial charge in [0, 0.05) is 24.3 Å². The van der Waals surface area contributed by atoms with Crippen LogP contribution in [0.3, 0.4) is 0 Å². The van der Waals surface area contributed by atoms with Gasteiger partial charge in [0.1, 0.15) is 0 Å². The van der Waals surface area contributed by atoms with E-state index in [-0.39, 0.29) is 22.3 Å². The standard InChI is InChI=1S/C21H28N2O3S/c1-15(2)23(6)27(25,26)17-11-9-10-16(14-17)20(24)22-19-13-8-7-12-18(19)21(3,4)5/h7-15H,1-6H3,(H,22,24). The van der Waals surface area contributed by atoms with Crippen molar-refractivity contribution in [1.29, 1.82) is 0 Å². The highest BCUT2D eigenvalue weighted by atomic mass is 32.2. The molecule has 6 heteroatoms. The van der Waals surface area contributed by atoms with E-state index < -0.39 is 10.0 Å². The predicted molar refractivity (Wildman–Crippen MR) is 110 cm³/mol. The summed E-state index contributed by atoms with van der Waals surface area (Å²) < 4.78 is 26.7. The molecule has 0 saturated heterocycles. The minimum atomic E-state index is -3.65. The van der Waals surface area contributed by atoms with Crippen molar-refractivity contribution in [2.24, 2.45) is 0 Å². The molecule has 1 amide bonds. The molecule has 0 aliphatic carbocycles. The van der Waals surface area contributed by atoms with Gasteiger partial charge in [0.05, 0.1) is 4.90 Å². The van der Waals surface area contributed by atoms with E-state index in [1.54, 1.807) is 26.0 Å². The molecule has 0 spiro atoms. The van der Waals surface area contributed by atoms with Crippen molar-refractivity contribution in [2.45, 2.75) is 51.0 Å². The van der Waals surface area contributed by atoms with Crippen molar-refractivity contribution >= 4 is 21.6 Å². The average Bonchev–Trinajstić information content (AvgIpc) is 2.60. The van der Waals surface area contributed by atoms with Gasteiger partial charge in [-0.2, -0.15) is 4.31 Å². The van der Waals surface area contributed by atoms with Crippen molar-refractivity contribution in [3.63, 3.8) is 0 Å². The first-order valence-corrected chi connectivity index (χ1v) is 10.4. The second kappa shape index (κ2) is 7.82. The molecule has 0 aliphatic rings. The number of benzene rings is 2. The van der Waals surface area contributed by atoms with Gasteiger partial charge in [-0.3, -0.25) is 4.79 Å². The Labute approximate surface area is 162 Å². The molecule has 0 aliphatic heterocycles. The summed E-state index contributed by atoms with van der Waals surface area (Å²) in [5.41, 5.74) is 1.91. The highest BCUT2D eigenvalue weighted by Gasteiger charge is 2.24. The lowest BCUT2D eigenvalue weighted by Crippen LogP contribution is -2.33. The quantitative estimate of drug-likeness (QED) is 0.832. The number of carbonyl (C=O) groups excluding carboxylic acids is 1. The lowest BCUT2D eigenvalue weighted by molar-refractivity contribution is 0.102. The van der Waals surface area contributed by atoms with Gasteiger partial charge < -0.3 is 5.32 Å². The number of nitrogens with zero attached hydrogens (tertiary/aromatic N) is 1. The maximum atomic E-state index is 12.8. The van der Waals surface area contributed by atoms with E-state index in [0.29, 0.717) is 5.56 Å². The number of hydrogen-bond donors (Lipinski definition) is 1. The van der Waals surface area contributed by atoms with Crippen molar-refractivity contribution in [3.8, 4) is 0 Å². The Bertz CT molecular complexity index is 928. The van der Waals surface area contributed by atoms with Crippen molar-refractivity contribution in [2.75, 3.05) is 12.4 Å².